The highest BCUT2D eigenvalue weighted by Gasteiger charge is 2.32. The Morgan fingerprint density at radius 3 is 2.68 bits per heavy atom. The van der Waals surface area contributed by atoms with Crippen molar-refractivity contribution in [2.24, 2.45) is 0 Å². The molecule has 1 unspecified atom stereocenters. The molecule has 2 heterocycles. The third-order valence-electron chi connectivity index (χ3n) is 5.14. The highest BCUT2D eigenvalue weighted by molar-refractivity contribution is 5.92. The van der Waals surface area contributed by atoms with Crippen molar-refractivity contribution in [3.05, 3.63) is 59.7 Å². The molecule has 0 spiro atoms. The number of benzene rings is 1. The van der Waals surface area contributed by atoms with Gasteiger partial charge in [-0.1, -0.05) is 50.1 Å². The largest absolute Gasteiger partial charge is 0.334 e. The Balaban J connectivity index is 1.76. The zero-order valence-corrected chi connectivity index (χ0v) is 15.2. The minimum atomic E-state index is 0.0279. The van der Waals surface area contributed by atoms with Gasteiger partial charge in [-0.25, -0.2) is 4.98 Å². The topological polar surface area (TPSA) is 46.1 Å². The fraction of sp³-hybridized carbons (Fsp3) is 0.476. The predicted molar refractivity (Wildman–Crippen MR) is 99.5 cm³/mol. The van der Waals surface area contributed by atoms with Gasteiger partial charge in [0.15, 0.2) is 0 Å². The number of amides is 1. The van der Waals surface area contributed by atoms with Crippen LogP contribution in [0.25, 0.3) is 0 Å². The molecular weight excluding hydrogens is 310 g/mol. The third kappa shape index (κ3) is 4.25. The van der Waals surface area contributed by atoms with E-state index in [-0.39, 0.29) is 11.9 Å². The molecule has 3 rings (SSSR count). The van der Waals surface area contributed by atoms with E-state index in [4.69, 9.17) is 0 Å². The number of hydrogen-bond donors (Lipinski definition) is 0. The molecule has 2 atom stereocenters. The average molecular weight is 337 g/mol. The van der Waals surface area contributed by atoms with E-state index in [1.165, 1.54) is 5.56 Å². The van der Waals surface area contributed by atoms with Gasteiger partial charge >= 0.3 is 0 Å². The van der Waals surface area contributed by atoms with Crippen LogP contribution in [0.15, 0.2) is 42.7 Å². The van der Waals surface area contributed by atoms with Gasteiger partial charge in [0.2, 0.25) is 0 Å². The van der Waals surface area contributed by atoms with Gasteiger partial charge in [0, 0.05) is 18.8 Å². The van der Waals surface area contributed by atoms with Crippen LogP contribution in [0, 0.1) is 6.92 Å². The zero-order valence-electron chi connectivity index (χ0n) is 15.2. The van der Waals surface area contributed by atoms with E-state index in [2.05, 4.69) is 47.2 Å². The summed E-state index contributed by atoms with van der Waals surface area (Å²) in [7, 11) is 0. The summed E-state index contributed by atoms with van der Waals surface area (Å²) in [6.07, 6.45) is 8.69. The summed E-state index contributed by atoms with van der Waals surface area (Å²) < 4.78 is 0. The summed E-state index contributed by atoms with van der Waals surface area (Å²) in [4.78, 5) is 23.5. The average Bonchev–Trinajstić information content (AvgIpc) is 2.67. The molecule has 0 radical (unpaired) electrons. The Bertz CT molecular complexity index is 684. The first-order valence-corrected chi connectivity index (χ1v) is 9.33. The second kappa shape index (κ2) is 8.24. The van der Waals surface area contributed by atoms with Gasteiger partial charge in [0.05, 0.1) is 11.9 Å². The summed E-state index contributed by atoms with van der Waals surface area (Å²) in [6.45, 7) is 4.88. The van der Waals surface area contributed by atoms with Crippen LogP contribution in [0.4, 0.5) is 0 Å². The normalized spacial score (nSPS) is 20.5. The van der Waals surface area contributed by atoms with E-state index < -0.39 is 0 Å². The van der Waals surface area contributed by atoms with Crippen LogP contribution in [0.5, 0.6) is 0 Å². The molecule has 0 N–H and O–H groups in total. The van der Waals surface area contributed by atoms with Crippen molar-refractivity contribution in [3.8, 4) is 0 Å². The highest BCUT2D eigenvalue weighted by atomic mass is 16.2. The monoisotopic (exact) mass is 337 g/mol. The van der Waals surface area contributed by atoms with Gasteiger partial charge in [-0.2, -0.15) is 0 Å². The van der Waals surface area contributed by atoms with Gasteiger partial charge in [-0.3, -0.25) is 9.78 Å². The van der Waals surface area contributed by atoms with E-state index >= 15 is 0 Å². The van der Waals surface area contributed by atoms with Crippen LogP contribution < -0.4 is 0 Å². The highest BCUT2D eigenvalue weighted by Crippen LogP contribution is 2.34. The van der Waals surface area contributed by atoms with E-state index in [0.717, 1.165) is 44.3 Å². The molecule has 2 aromatic rings. The molecule has 1 fully saturated rings. The number of likely N-dealkylation sites (tertiary alicyclic amines) is 1. The van der Waals surface area contributed by atoms with Crippen molar-refractivity contribution in [1.82, 2.24) is 14.9 Å². The first kappa shape index (κ1) is 17.6. The van der Waals surface area contributed by atoms with Crippen molar-refractivity contribution in [1.29, 1.82) is 0 Å². The van der Waals surface area contributed by atoms with Gasteiger partial charge in [-0.15, -0.1) is 0 Å². The van der Waals surface area contributed by atoms with Gasteiger partial charge in [-0.05, 0) is 37.7 Å². The number of piperidine rings is 1. The number of unbranched alkanes of at least 4 members (excludes halogenated alkanes) is 1. The molecule has 4 heteroatoms. The molecule has 25 heavy (non-hydrogen) atoms. The SMILES string of the molecule is CCCC[C@@H]1CC(c2ccccc2)CCN1C(=O)c1cnc(C)cn1. The minimum absolute atomic E-state index is 0.0279. The second-order valence-electron chi connectivity index (χ2n) is 6.97. The lowest BCUT2D eigenvalue weighted by molar-refractivity contribution is 0.0569. The minimum Gasteiger partial charge on any atom is -0.334 e. The zero-order chi connectivity index (χ0) is 17.6. The van der Waals surface area contributed by atoms with Crippen molar-refractivity contribution >= 4 is 5.91 Å². The fourth-order valence-corrected chi connectivity index (χ4v) is 3.71. The van der Waals surface area contributed by atoms with Crippen LogP contribution in [-0.4, -0.2) is 33.4 Å². The predicted octanol–water partition coefficient (Wildman–Crippen LogP) is 4.36. The molecule has 1 aromatic carbocycles. The number of rotatable bonds is 5. The van der Waals surface area contributed by atoms with Gasteiger partial charge in [0.25, 0.3) is 5.91 Å². The third-order valence-corrected chi connectivity index (χ3v) is 5.14. The summed E-state index contributed by atoms with van der Waals surface area (Å²) in [5.74, 6) is 0.566. The summed E-state index contributed by atoms with van der Waals surface area (Å²) in [5, 5.41) is 0. The molecule has 0 saturated carbocycles. The van der Waals surface area contributed by atoms with Crippen molar-refractivity contribution < 1.29 is 4.79 Å². The molecule has 1 aromatic heterocycles. The standard InChI is InChI=1S/C21H27N3O/c1-3-4-10-19-13-18(17-8-6-5-7-9-17)11-12-24(19)21(25)20-15-22-16(2)14-23-20/h5-9,14-15,18-19H,3-4,10-13H2,1-2H3/t18?,19-/m1/s1. The Labute approximate surface area is 150 Å². The molecule has 1 saturated heterocycles. The van der Waals surface area contributed by atoms with Crippen LogP contribution in [0.3, 0.4) is 0 Å². The van der Waals surface area contributed by atoms with E-state index in [1.807, 2.05) is 11.8 Å². The number of hydrogen-bond acceptors (Lipinski definition) is 3. The summed E-state index contributed by atoms with van der Waals surface area (Å²) >= 11 is 0. The summed E-state index contributed by atoms with van der Waals surface area (Å²) in [6, 6.07) is 11.0. The van der Waals surface area contributed by atoms with Gasteiger partial charge < -0.3 is 4.90 Å². The van der Waals surface area contributed by atoms with E-state index in [0.29, 0.717) is 11.6 Å². The number of carbonyl (C=O) groups is 1. The van der Waals surface area contributed by atoms with Crippen molar-refractivity contribution in [3.63, 3.8) is 0 Å². The smallest absolute Gasteiger partial charge is 0.274 e. The quantitative estimate of drug-likeness (QED) is 0.814. The number of carbonyl (C=O) groups excluding carboxylic acids is 1. The van der Waals surface area contributed by atoms with Crippen molar-refractivity contribution in [2.75, 3.05) is 6.54 Å². The summed E-state index contributed by atoms with van der Waals surface area (Å²) in [5.41, 5.74) is 2.69. The van der Waals surface area contributed by atoms with Gasteiger partial charge in [0.1, 0.15) is 5.69 Å². The van der Waals surface area contributed by atoms with Crippen LogP contribution in [0.1, 0.15) is 66.7 Å². The number of aryl methyl sites for hydroxylation is 1. The molecule has 1 amide bonds. The molecule has 132 valence electrons. The Hall–Kier alpha value is -2.23. The first-order chi connectivity index (χ1) is 12.2. The Morgan fingerprint density at radius 1 is 1.20 bits per heavy atom. The maximum Gasteiger partial charge on any atom is 0.274 e. The van der Waals surface area contributed by atoms with Crippen molar-refractivity contribution in [2.45, 2.75) is 57.9 Å². The first-order valence-electron chi connectivity index (χ1n) is 9.33. The molecule has 0 bridgehead atoms. The van der Waals surface area contributed by atoms with Crippen LogP contribution in [0.2, 0.25) is 0 Å². The lowest BCUT2D eigenvalue weighted by Gasteiger charge is -2.39. The number of aromatic nitrogens is 2. The van der Waals surface area contributed by atoms with Crippen LogP contribution >= 0.6 is 0 Å². The Morgan fingerprint density at radius 2 is 2.00 bits per heavy atom. The molecule has 1 aliphatic heterocycles. The van der Waals surface area contributed by atoms with Crippen LogP contribution in [-0.2, 0) is 0 Å². The molecule has 1 aliphatic rings. The Kier molecular flexibility index (Phi) is 5.79. The molecular formula is C21H27N3O. The van der Waals surface area contributed by atoms with E-state index in [1.54, 1.807) is 12.4 Å². The lowest BCUT2D eigenvalue weighted by atomic mass is 9.83. The molecule has 0 aliphatic carbocycles. The molecule has 4 nitrogen and oxygen atoms in total. The maximum absolute atomic E-state index is 13.0. The second-order valence-corrected chi connectivity index (χ2v) is 6.97. The lowest BCUT2D eigenvalue weighted by Crippen LogP contribution is -2.46. The van der Waals surface area contributed by atoms with E-state index in [9.17, 15) is 4.79 Å². The number of nitrogens with zero attached hydrogens (tertiary/aromatic N) is 3. The fourth-order valence-electron chi connectivity index (χ4n) is 3.71. The maximum atomic E-state index is 13.0.